The van der Waals surface area contributed by atoms with Gasteiger partial charge in [0.25, 0.3) is 0 Å². The molecule has 0 radical (unpaired) electrons. The van der Waals surface area contributed by atoms with Crippen molar-refractivity contribution < 1.29 is 14.7 Å². The maximum atomic E-state index is 12.4. The number of carbonyl (C=O) groups is 2. The fraction of sp³-hybridized carbons (Fsp3) is 0.857. The number of aliphatic carboxylic acids is 1. The highest BCUT2D eigenvalue weighted by molar-refractivity contribution is 5.76. The van der Waals surface area contributed by atoms with Crippen molar-refractivity contribution >= 4 is 12.0 Å². The summed E-state index contributed by atoms with van der Waals surface area (Å²) in [7, 11) is 2.08. The van der Waals surface area contributed by atoms with Crippen molar-refractivity contribution in [1.82, 2.24) is 14.7 Å². The van der Waals surface area contributed by atoms with Crippen LogP contribution in [0.1, 0.15) is 20.8 Å². The van der Waals surface area contributed by atoms with Gasteiger partial charge in [-0.1, -0.05) is 6.92 Å². The summed E-state index contributed by atoms with van der Waals surface area (Å²) in [5, 5.41) is 8.97. The molecule has 0 aromatic carbocycles. The second-order valence-corrected chi connectivity index (χ2v) is 6.73. The van der Waals surface area contributed by atoms with Crippen LogP contribution in [0.5, 0.6) is 0 Å². The second kappa shape index (κ2) is 5.24. The van der Waals surface area contributed by atoms with Gasteiger partial charge < -0.3 is 14.9 Å². The van der Waals surface area contributed by atoms with Crippen molar-refractivity contribution in [2.75, 3.05) is 39.8 Å². The molecule has 1 N–H and O–H groups in total. The highest BCUT2D eigenvalue weighted by atomic mass is 16.4. The number of piperazine rings is 1. The van der Waals surface area contributed by atoms with Crippen LogP contribution in [-0.2, 0) is 4.79 Å². The van der Waals surface area contributed by atoms with Crippen molar-refractivity contribution in [1.29, 1.82) is 0 Å². The van der Waals surface area contributed by atoms with E-state index in [0.29, 0.717) is 13.1 Å². The number of hydrogen-bond donors (Lipinski definition) is 1. The van der Waals surface area contributed by atoms with Gasteiger partial charge in [-0.15, -0.1) is 0 Å². The molecule has 20 heavy (non-hydrogen) atoms. The molecular formula is C14H25N3O3. The molecule has 0 saturated carbocycles. The highest BCUT2D eigenvalue weighted by Crippen LogP contribution is 2.27. The van der Waals surface area contributed by atoms with Gasteiger partial charge >= 0.3 is 12.0 Å². The number of likely N-dealkylation sites (tertiary alicyclic amines) is 1. The topological polar surface area (TPSA) is 64.1 Å². The Bertz CT molecular complexity index is 404. The number of carboxylic acids is 1. The summed E-state index contributed by atoms with van der Waals surface area (Å²) in [6, 6.07) is 0.0556. The lowest BCUT2D eigenvalue weighted by atomic mass is 9.87. The molecule has 2 aliphatic rings. The second-order valence-electron chi connectivity index (χ2n) is 6.73. The SMILES string of the molecule is CC(C(=O)O)C1CN(C(=O)N2CCN(C)C(C)(C)C2)C1. The first-order valence-electron chi connectivity index (χ1n) is 7.20. The molecule has 2 heterocycles. The Kier molecular flexibility index (Phi) is 3.95. The van der Waals surface area contributed by atoms with Crippen LogP contribution in [0.25, 0.3) is 0 Å². The molecule has 114 valence electrons. The zero-order valence-electron chi connectivity index (χ0n) is 12.8. The van der Waals surface area contributed by atoms with E-state index in [1.54, 1.807) is 11.8 Å². The summed E-state index contributed by atoms with van der Waals surface area (Å²) in [5.74, 6) is -1.05. The standard InChI is InChI=1S/C14H25N3O3/c1-10(12(18)19)11-7-17(8-11)13(20)16-6-5-15(4)14(2,3)9-16/h10-11H,5-9H2,1-4H3,(H,18,19). The Hall–Kier alpha value is -1.30. The lowest BCUT2D eigenvalue weighted by molar-refractivity contribution is -0.145. The van der Waals surface area contributed by atoms with Crippen LogP contribution in [0.15, 0.2) is 0 Å². The molecule has 0 spiro atoms. The predicted molar refractivity (Wildman–Crippen MR) is 75.5 cm³/mol. The smallest absolute Gasteiger partial charge is 0.320 e. The van der Waals surface area contributed by atoms with Gasteiger partial charge in [-0.3, -0.25) is 9.69 Å². The van der Waals surface area contributed by atoms with Crippen molar-refractivity contribution in [3.63, 3.8) is 0 Å². The molecule has 2 saturated heterocycles. The monoisotopic (exact) mass is 283 g/mol. The third-order valence-electron chi connectivity index (χ3n) is 4.86. The van der Waals surface area contributed by atoms with Crippen molar-refractivity contribution in [3.8, 4) is 0 Å². The molecule has 6 heteroatoms. The van der Waals surface area contributed by atoms with Crippen LogP contribution in [-0.4, -0.2) is 77.1 Å². The Morgan fingerprint density at radius 3 is 2.30 bits per heavy atom. The molecule has 0 aromatic heterocycles. The molecule has 2 rings (SSSR count). The number of carboxylic acid groups (broad SMARTS) is 1. The molecule has 0 aromatic rings. The van der Waals surface area contributed by atoms with E-state index in [4.69, 9.17) is 5.11 Å². The third kappa shape index (κ3) is 2.75. The first-order chi connectivity index (χ1) is 9.22. The van der Waals surface area contributed by atoms with E-state index in [1.807, 2.05) is 4.90 Å². The van der Waals surface area contributed by atoms with Crippen LogP contribution < -0.4 is 0 Å². The number of rotatable bonds is 2. The van der Waals surface area contributed by atoms with Gasteiger partial charge in [-0.2, -0.15) is 0 Å². The van der Waals surface area contributed by atoms with E-state index < -0.39 is 5.97 Å². The maximum absolute atomic E-state index is 12.4. The first kappa shape index (κ1) is 15.1. The lowest BCUT2D eigenvalue weighted by Crippen LogP contribution is -2.64. The number of urea groups is 1. The molecule has 2 fully saturated rings. The minimum atomic E-state index is -0.775. The fourth-order valence-corrected chi connectivity index (χ4v) is 2.79. The van der Waals surface area contributed by atoms with E-state index in [1.165, 1.54) is 0 Å². The quantitative estimate of drug-likeness (QED) is 0.813. The van der Waals surface area contributed by atoms with Gasteiger partial charge in [0.05, 0.1) is 5.92 Å². The maximum Gasteiger partial charge on any atom is 0.320 e. The van der Waals surface area contributed by atoms with Crippen LogP contribution in [0.2, 0.25) is 0 Å². The number of amides is 2. The minimum Gasteiger partial charge on any atom is -0.481 e. The largest absolute Gasteiger partial charge is 0.481 e. The number of hydrogen-bond acceptors (Lipinski definition) is 3. The zero-order chi connectivity index (χ0) is 15.1. The van der Waals surface area contributed by atoms with Gasteiger partial charge in [0, 0.05) is 44.2 Å². The summed E-state index contributed by atoms with van der Waals surface area (Å²) >= 11 is 0. The third-order valence-corrected chi connectivity index (χ3v) is 4.86. The zero-order valence-corrected chi connectivity index (χ0v) is 12.8. The van der Waals surface area contributed by atoms with Gasteiger partial charge in [-0.25, -0.2) is 4.79 Å². The molecule has 0 bridgehead atoms. The average Bonchev–Trinajstić information content (AvgIpc) is 2.30. The van der Waals surface area contributed by atoms with Gasteiger partial charge in [0.1, 0.15) is 0 Å². The average molecular weight is 283 g/mol. The van der Waals surface area contributed by atoms with Gasteiger partial charge in [0.15, 0.2) is 0 Å². The van der Waals surface area contributed by atoms with E-state index in [0.717, 1.165) is 19.6 Å². The van der Waals surface area contributed by atoms with E-state index >= 15 is 0 Å². The Morgan fingerprint density at radius 1 is 1.20 bits per heavy atom. The summed E-state index contributed by atoms with van der Waals surface area (Å²) in [5.41, 5.74) is -0.00741. The highest BCUT2D eigenvalue weighted by Gasteiger charge is 2.41. The summed E-state index contributed by atoms with van der Waals surface area (Å²) in [6.07, 6.45) is 0. The first-order valence-corrected chi connectivity index (χ1v) is 7.20. The normalized spacial score (nSPS) is 25.2. The predicted octanol–water partition coefficient (Wildman–Crippen LogP) is 0.785. The minimum absolute atomic E-state index is 0.00741. The fourth-order valence-electron chi connectivity index (χ4n) is 2.79. The van der Waals surface area contributed by atoms with E-state index in [9.17, 15) is 9.59 Å². The van der Waals surface area contributed by atoms with Crippen LogP contribution in [0, 0.1) is 11.8 Å². The molecule has 2 aliphatic heterocycles. The number of nitrogens with zero attached hydrogens (tertiary/aromatic N) is 3. The summed E-state index contributed by atoms with van der Waals surface area (Å²) < 4.78 is 0. The lowest BCUT2D eigenvalue weighted by Gasteiger charge is -2.49. The van der Waals surface area contributed by atoms with Crippen molar-refractivity contribution in [2.45, 2.75) is 26.3 Å². The van der Waals surface area contributed by atoms with Gasteiger partial charge in [0.2, 0.25) is 0 Å². The summed E-state index contributed by atoms with van der Waals surface area (Å²) in [4.78, 5) is 29.2. The van der Waals surface area contributed by atoms with Crippen molar-refractivity contribution in [3.05, 3.63) is 0 Å². The van der Waals surface area contributed by atoms with E-state index in [2.05, 4.69) is 25.8 Å². The molecule has 6 nitrogen and oxygen atoms in total. The Labute approximate surface area is 120 Å². The van der Waals surface area contributed by atoms with Crippen LogP contribution >= 0.6 is 0 Å². The van der Waals surface area contributed by atoms with Crippen LogP contribution in [0.3, 0.4) is 0 Å². The van der Waals surface area contributed by atoms with Gasteiger partial charge in [-0.05, 0) is 20.9 Å². The molecular weight excluding hydrogens is 258 g/mol. The molecule has 1 atom stereocenters. The number of carbonyl (C=O) groups excluding carboxylic acids is 1. The van der Waals surface area contributed by atoms with Crippen LogP contribution in [0.4, 0.5) is 4.79 Å². The molecule has 2 amide bonds. The van der Waals surface area contributed by atoms with Crippen molar-refractivity contribution in [2.24, 2.45) is 11.8 Å². The van der Waals surface area contributed by atoms with E-state index in [-0.39, 0.29) is 23.4 Å². The Balaban J connectivity index is 1.87. The number of likely N-dealkylation sites (N-methyl/N-ethyl adjacent to an activating group) is 1. The summed E-state index contributed by atoms with van der Waals surface area (Å²) in [6.45, 7) is 9.47. The molecule has 1 unspecified atom stereocenters. The Morgan fingerprint density at radius 2 is 1.80 bits per heavy atom. The molecule has 0 aliphatic carbocycles.